The molecular weight excluding hydrogens is 326 g/mol. The highest BCUT2D eigenvalue weighted by Crippen LogP contribution is 2.36. The normalized spacial score (nSPS) is 20.2. The predicted molar refractivity (Wildman–Crippen MR) is 92.3 cm³/mol. The van der Waals surface area contributed by atoms with Crippen LogP contribution in [0.2, 0.25) is 0 Å². The van der Waals surface area contributed by atoms with Crippen LogP contribution in [0.15, 0.2) is 48.5 Å². The molecule has 24 heavy (non-hydrogen) atoms. The van der Waals surface area contributed by atoms with Crippen LogP contribution in [0.5, 0.6) is 5.75 Å². The van der Waals surface area contributed by atoms with Crippen LogP contribution in [-0.4, -0.2) is 26.7 Å². The van der Waals surface area contributed by atoms with Gasteiger partial charge in [-0.25, -0.2) is 13.1 Å². The van der Waals surface area contributed by atoms with Crippen LogP contribution >= 0.6 is 0 Å². The number of ether oxygens (including phenoxy) is 1. The zero-order valence-corrected chi connectivity index (χ0v) is 14.3. The molecule has 2 aromatic carbocycles. The van der Waals surface area contributed by atoms with Crippen molar-refractivity contribution >= 4 is 10.0 Å². The summed E-state index contributed by atoms with van der Waals surface area (Å²) in [6, 6.07) is 14.6. The number of benzene rings is 2. The van der Waals surface area contributed by atoms with Crippen molar-refractivity contribution in [2.45, 2.75) is 24.7 Å². The molecule has 6 heteroatoms. The monoisotopic (exact) mass is 347 g/mol. The van der Waals surface area contributed by atoms with Crippen molar-refractivity contribution in [1.29, 1.82) is 0 Å². The first-order valence-electron chi connectivity index (χ1n) is 7.86. The molecular formula is C18H21NO4S. The third-order valence-corrected chi connectivity index (χ3v) is 5.48. The van der Waals surface area contributed by atoms with E-state index in [1.807, 2.05) is 31.2 Å². The Bertz CT molecular complexity index is 834. The maximum atomic E-state index is 12.4. The third kappa shape index (κ3) is 3.77. The summed E-state index contributed by atoms with van der Waals surface area (Å²) < 4.78 is 32.8. The zero-order chi connectivity index (χ0) is 17.2. The zero-order valence-electron chi connectivity index (χ0n) is 13.5. The summed E-state index contributed by atoms with van der Waals surface area (Å²) in [5, 5.41) is 10.9. The lowest BCUT2D eigenvalue weighted by Crippen LogP contribution is -2.44. The molecule has 0 aromatic heterocycles. The second kappa shape index (κ2) is 6.55. The maximum Gasteiger partial charge on any atom is 0.215 e. The van der Waals surface area contributed by atoms with E-state index in [2.05, 4.69) is 4.72 Å². The predicted octanol–water partition coefficient (Wildman–Crippen LogP) is 2.08. The average Bonchev–Trinajstić information content (AvgIpc) is 2.53. The molecule has 2 aromatic rings. The van der Waals surface area contributed by atoms with E-state index in [9.17, 15) is 13.5 Å². The minimum absolute atomic E-state index is 0.0679. The molecule has 1 heterocycles. The van der Waals surface area contributed by atoms with Crippen molar-refractivity contribution < 1.29 is 18.3 Å². The van der Waals surface area contributed by atoms with Gasteiger partial charge >= 0.3 is 0 Å². The van der Waals surface area contributed by atoms with E-state index in [-0.39, 0.29) is 12.3 Å². The van der Waals surface area contributed by atoms with Gasteiger partial charge in [-0.3, -0.25) is 0 Å². The minimum Gasteiger partial charge on any atom is -0.493 e. The van der Waals surface area contributed by atoms with E-state index in [1.54, 1.807) is 24.3 Å². The highest BCUT2D eigenvalue weighted by Gasteiger charge is 2.36. The molecule has 0 amide bonds. The van der Waals surface area contributed by atoms with Crippen LogP contribution in [0.1, 0.15) is 23.1 Å². The number of fused-ring (bicyclic) bond motifs is 1. The van der Waals surface area contributed by atoms with Crippen LogP contribution in [0, 0.1) is 6.92 Å². The summed E-state index contributed by atoms with van der Waals surface area (Å²) in [5.41, 5.74) is 1.10. The van der Waals surface area contributed by atoms with E-state index in [0.717, 1.165) is 11.1 Å². The summed E-state index contributed by atoms with van der Waals surface area (Å²) in [4.78, 5) is 0. The highest BCUT2D eigenvalue weighted by molar-refractivity contribution is 7.88. The Labute approximate surface area is 142 Å². The number of hydrogen-bond donors (Lipinski definition) is 2. The van der Waals surface area contributed by atoms with Gasteiger partial charge in [0.25, 0.3) is 0 Å². The van der Waals surface area contributed by atoms with Crippen molar-refractivity contribution in [2.75, 3.05) is 13.2 Å². The van der Waals surface area contributed by atoms with Crippen LogP contribution in [0.3, 0.4) is 0 Å². The van der Waals surface area contributed by atoms with Crippen molar-refractivity contribution in [2.24, 2.45) is 0 Å². The summed E-state index contributed by atoms with van der Waals surface area (Å²) in [7, 11) is -3.54. The van der Waals surface area contributed by atoms with Crippen LogP contribution in [-0.2, 0) is 21.4 Å². The van der Waals surface area contributed by atoms with Crippen molar-refractivity contribution in [3.8, 4) is 5.75 Å². The standard InChI is InChI=1S/C18H21NO4S/c1-14-5-4-6-15(11-14)12-24(21,22)19-13-18(20)9-10-23-17-8-3-2-7-16(17)18/h2-8,11,19-20H,9-10,12-13H2,1H3. The maximum absolute atomic E-state index is 12.4. The Morgan fingerprint density at radius 3 is 2.79 bits per heavy atom. The van der Waals surface area contributed by atoms with Gasteiger partial charge < -0.3 is 9.84 Å². The summed E-state index contributed by atoms with van der Waals surface area (Å²) in [5.74, 6) is 0.493. The fourth-order valence-electron chi connectivity index (χ4n) is 2.93. The lowest BCUT2D eigenvalue weighted by molar-refractivity contribution is 0.00218. The number of aryl methyl sites for hydroxylation is 1. The first kappa shape index (κ1) is 17.0. The Morgan fingerprint density at radius 2 is 2.00 bits per heavy atom. The van der Waals surface area contributed by atoms with Gasteiger partial charge in [-0.05, 0) is 18.6 Å². The second-order valence-electron chi connectivity index (χ2n) is 6.20. The molecule has 1 aliphatic heterocycles. The molecule has 0 radical (unpaired) electrons. The second-order valence-corrected chi connectivity index (χ2v) is 8.00. The van der Waals surface area contributed by atoms with Gasteiger partial charge in [0, 0.05) is 18.5 Å². The van der Waals surface area contributed by atoms with Crippen molar-refractivity contribution in [1.82, 2.24) is 4.72 Å². The molecule has 0 fully saturated rings. The first-order valence-corrected chi connectivity index (χ1v) is 9.51. The fraction of sp³-hybridized carbons (Fsp3) is 0.333. The molecule has 0 aliphatic carbocycles. The van der Waals surface area contributed by atoms with Crippen molar-refractivity contribution in [3.63, 3.8) is 0 Å². The van der Waals surface area contributed by atoms with Crippen molar-refractivity contribution in [3.05, 3.63) is 65.2 Å². The quantitative estimate of drug-likeness (QED) is 0.868. The van der Waals surface area contributed by atoms with Crippen LogP contribution in [0.25, 0.3) is 0 Å². The molecule has 1 unspecified atom stereocenters. The summed E-state index contributed by atoms with van der Waals surface area (Å²) in [6.45, 7) is 2.21. The highest BCUT2D eigenvalue weighted by atomic mass is 32.2. The number of rotatable bonds is 5. The van der Waals surface area contributed by atoms with Gasteiger partial charge in [-0.1, -0.05) is 48.0 Å². The van der Waals surface area contributed by atoms with Gasteiger partial charge in [0.1, 0.15) is 11.4 Å². The van der Waals surface area contributed by atoms with E-state index >= 15 is 0 Å². The van der Waals surface area contributed by atoms with Gasteiger partial charge in [-0.2, -0.15) is 0 Å². The fourth-order valence-corrected chi connectivity index (χ4v) is 4.11. The number of aliphatic hydroxyl groups is 1. The van der Waals surface area contributed by atoms with Crippen LogP contribution in [0.4, 0.5) is 0 Å². The first-order chi connectivity index (χ1) is 11.4. The minimum atomic E-state index is -3.54. The molecule has 0 saturated carbocycles. The Morgan fingerprint density at radius 1 is 1.21 bits per heavy atom. The molecule has 1 aliphatic rings. The number of nitrogens with one attached hydrogen (secondary N) is 1. The Balaban J connectivity index is 1.73. The number of sulfonamides is 1. The summed E-state index contributed by atoms with van der Waals surface area (Å²) >= 11 is 0. The molecule has 5 nitrogen and oxygen atoms in total. The Kier molecular flexibility index (Phi) is 4.62. The molecule has 0 spiro atoms. The molecule has 0 bridgehead atoms. The van der Waals surface area contributed by atoms with Gasteiger partial charge in [0.2, 0.25) is 10.0 Å². The van der Waals surface area contributed by atoms with E-state index in [0.29, 0.717) is 24.3 Å². The number of para-hydroxylation sites is 1. The van der Waals surface area contributed by atoms with Gasteiger partial charge in [0.05, 0.1) is 12.4 Å². The van der Waals surface area contributed by atoms with E-state index in [4.69, 9.17) is 4.74 Å². The molecule has 128 valence electrons. The lowest BCUT2D eigenvalue weighted by atomic mass is 9.88. The largest absolute Gasteiger partial charge is 0.493 e. The molecule has 1 atom stereocenters. The molecule has 2 N–H and O–H groups in total. The summed E-state index contributed by atoms with van der Waals surface area (Å²) in [6.07, 6.45) is 0.344. The molecule has 0 saturated heterocycles. The van der Waals surface area contributed by atoms with Gasteiger partial charge in [-0.15, -0.1) is 0 Å². The topological polar surface area (TPSA) is 75.6 Å². The lowest BCUT2D eigenvalue weighted by Gasteiger charge is -2.34. The average molecular weight is 347 g/mol. The van der Waals surface area contributed by atoms with Gasteiger partial charge in [0.15, 0.2) is 0 Å². The molecule has 3 rings (SSSR count). The smallest absolute Gasteiger partial charge is 0.215 e. The van der Waals surface area contributed by atoms with Crippen LogP contribution < -0.4 is 9.46 Å². The van der Waals surface area contributed by atoms with E-state index in [1.165, 1.54) is 0 Å². The third-order valence-electron chi connectivity index (χ3n) is 4.19. The Hall–Kier alpha value is -1.89. The number of hydrogen-bond acceptors (Lipinski definition) is 4. The van der Waals surface area contributed by atoms with E-state index < -0.39 is 15.6 Å². The SMILES string of the molecule is Cc1cccc(CS(=O)(=O)NCC2(O)CCOc3ccccc32)c1.